The molecule has 0 saturated carbocycles. The Morgan fingerprint density at radius 2 is 1.86 bits per heavy atom. The summed E-state index contributed by atoms with van der Waals surface area (Å²) in [5, 5.41) is 5.81. The van der Waals surface area contributed by atoms with Gasteiger partial charge in [-0.3, -0.25) is 9.59 Å². The topological polar surface area (TPSA) is 67.4 Å². The summed E-state index contributed by atoms with van der Waals surface area (Å²) in [5.74, 6) is -0.157. The summed E-state index contributed by atoms with van der Waals surface area (Å²) in [5.41, 5.74) is 1.63. The van der Waals surface area contributed by atoms with Crippen molar-refractivity contribution in [3.05, 3.63) is 35.4 Å². The summed E-state index contributed by atoms with van der Waals surface area (Å²) in [6, 6.07) is 6.97. The van der Waals surface area contributed by atoms with E-state index >= 15 is 0 Å². The highest BCUT2D eigenvalue weighted by Crippen LogP contribution is 2.11. The molecule has 1 aromatic carbocycles. The molecule has 1 amide bonds. The summed E-state index contributed by atoms with van der Waals surface area (Å²) in [4.78, 5) is 23.2. The Hall–Kier alpha value is -1.88. The van der Waals surface area contributed by atoms with Crippen LogP contribution in [-0.2, 0) is 16.1 Å². The molecule has 2 atom stereocenters. The van der Waals surface area contributed by atoms with E-state index in [0.717, 1.165) is 12.0 Å². The normalized spacial score (nSPS) is 13.3. The van der Waals surface area contributed by atoms with Crippen LogP contribution in [0.15, 0.2) is 24.3 Å². The summed E-state index contributed by atoms with van der Waals surface area (Å²) in [7, 11) is 3.00. The van der Waals surface area contributed by atoms with Gasteiger partial charge in [-0.25, -0.2) is 0 Å². The van der Waals surface area contributed by atoms with E-state index < -0.39 is 0 Å². The molecule has 0 fully saturated rings. The predicted octanol–water partition coefficient (Wildman–Crippen LogP) is 1.72. The number of methoxy groups -OCH3 is 1. The molecule has 0 aliphatic rings. The van der Waals surface area contributed by atoms with Gasteiger partial charge >= 0.3 is 5.97 Å². The maximum Gasteiger partial charge on any atom is 0.323 e. The monoisotopic (exact) mass is 292 g/mol. The molecule has 0 heterocycles. The number of esters is 1. The molecule has 0 bridgehead atoms. The number of amides is 1. The Labute approximate surface area is 126 Å². The van der Waals surface area contributed by atoms with Crippen molar-refractivity contribution in [2.75, 3.05) is 14.2 Å². The van der Waals surface area contributed by atoms with Crippen molar-refractivity contribution in [2.45, 2.75) is 32.9 Å². The Morgan fingerprint density at radius 1 is 1.24 bits per heavy atom. The van der Waals surface area contributed by atoms with Gasteiger partial charge in [0, 0.05) is 19.2 Å². The van der Waals surface area contributed by atoms with E-state index in [0.29, 0.717) is 12.1 Å². The van der Waals surface area contributed by atoms with Crippen molar-refractivity contribution in [3.8, 4) is 0 Å². The second kappa shape index (κ2) is 8.42. The van der Waals surface area contributed by atoms with Crippen LogP contribution in [0.1, 0.15) is 36.2 Å². The molecule has 2 N–H and O–H groups in total. The van der Waals surface area contributed by atoms with Gasteiger partial charge in [0.15, 0.2) is 0 Å². The van der Waals surface area contributed by atoms with E-state index in [4.69, 9.17) is 4.74 Å². The fourth-order valence-electron chi connectivity index (χ4n) is 2.03. The predicted molar refractivity (Wildman–Crippen MR) is 81.9 cm³/mol. The molecular formula is C16H24N2O3. The van der Waals surface area contributed by atoms with Gasteiger partial charge in [-0.2, -0.15) is 0 Å². The first-order valence-corrected chi connectivity index (χ1v) is 7.15. The van der Waals surface area contributed by atoms with Gasteiger partial charge < -0.3 is 15.4 Å². The van der Waals surface area contributed by atoms with E-state index in [9.17, 15) is 9.59 Å². The summed E-state index contributed by atoms with van der Waals surface area (Å²) >= 11 is 0. The van der Waals surface area contributed by atoms with Crippen molar-refractivity contribution in [1.29, 1.82) is 0 Å². The van der Waals surface area contributed by atoms with Crippen molar-refractivity contribution in [1.82, 2.24) is 10.6 Å². The number of benzene rings is 1. The Kier molecular flexibility index (Phi) is 6.88. The molecule has 2 unspecified atom stereocenters. The first-order valence-electron chi connectivity index (χ1n) is 7.15. The van der Waals surface area contributed by atoms with Crippen molar-refractivity contribution >= 4 is 11.9 Å². The molecule has 0 radical (unpaired) electrons. The van der Waals surface area contributed by atoms with Gasteiger partial charge in [-0.05, 0) is 23.6 Å². The molecule has 0 aliphatic heterocycles. The second-order valence-electron chi connectivity index (χ2n) is 5.04. The van der Waals surface area contributed by atoms with Crippen molar-refractivity contribution < 1.29 is 14.3 Å². The molecule has 21 heavy (non-hydrogen) atoms. The number of nitrogens with one attached hydrogen (secondary N) is 2. The number of carbonyl (C=O) groups is 2. The van der Waals surface area contributed by atoms with Crippen LogP contribution in [0.3, 0.4) is 0 Å². The minimum absolute atomic E-state index is 0.110. The zero-order chi connectivity index (χ0) is 15.8. The fraction of sp³-hybridized carbons (Fsp3) is 0.500. The van der Waals surface area contributed by atoms with E-state index in [1.54, 1.807) is 19.2 Å². The van der Waals surface area contributed by atoms with E-state index in [2.05, 4.69) is 10.6 Å². The van der Waals surface area contributed by atoms with Gasteiger partial charge in [-0.1, -0.05) is 32.4 Å². The molecule has 0 aromatic heterocycles. The third-order valence-electron chi connectivity index (χ3n) is 3.64. The molecule has 1 aromatic rings. The number of ether oxygens (including phenoxy) is 1. The lowest BCUT2D eigenvalue weighted by Gasteiger charge is -2.22. The van der Waals surface area contributed by atoms with Crippen LogP contribution in [0.4, 0.5) is 0 Å². The average molecular weight is 292 g/mol. The summed E-state index contributed by atoms with van der Waals surface area (Å²) in [6.07, 6.45) is 0.891. The maximum absolute atomic E-state index is 11.8. The molecular weight excluding hydrogens is 268 g/mol. The molecule has 0 aliphatic carbocycles. The lowest BCUT2D eigenvalue weighted by Crippen LogP contribution is -2.42. The lowest BCUT2D eigenvalue weighted by molar-refractivity contribution is -0.144. The first kappa shape index (κ1) is 17.2. The van der Waals surface area contributed by atoms with Crippen LogP contribution >= 0.6 is 0 Å². The van der Waals surface area contributed by atoms with Gasteiger partial charge in [0.05, 0.1) is 7.11 Å². The minimum atomic E-state index is -0.321. The van der Waals surface area contributed by atoms with Crippen LogP contribution in [0, 0.1) is 5.92 Å². The zero-order valence-corrected chi connectivity index (χ0v) is 13.1. The number of carbonyl (C=O) groups excluding carboxylic acids is 2. The standard InChI is InChI=1S/C16H24N2O3/c1-5-11(2)14(16(20)21-4)18-10-12-6-8-13(9-7-12)15(19)17-3/h6-9,11,14,18H,5,10H2,1-4H3,(H,17,19). The quantitative estimate of drug-likeness (QED) is 0.751. The number of hydrogen-bond donors (Lipinski definition) is 2. The Bertz CT molecular complexity index is 471. The van der Waals surface area contributed by atoms with Crippen LogP contribution in [0.25, 0.3) is 0 Å². The number of hydrogen-bond acceptors (Lipinski definition) is 4. The Balaban J connectivity index is 2.67. The molecule has 5 nitrogen and oxygen atoms in total. The summed E-state index contributed by atoms with van der Waals surface area (Å²) < 4.78 is 4.83. The molecule has 5 heteroatoms. The smallest absolute Gasteiger partial charge is 0.323 e. The average Bonchev–Trinajstić information content (AvgIpc) is 2.54. The molecule has 0 spiro atoms. The van der Waals surface area contributed by atoms with Crippen molar-refractivity contribution in [2.24, 2.45) is 5.92 Å². The van der Waals surface area contributed by atoms with Crippen LogP contribution in [0.2, 0.25) is 0 Å². The van der Waals surface area contributed by atoms with Crippen LogP contribution in [0.5, 0.6) is 0 Å². The number of rotatable bonds is 7. The highest BCUT2D eigenvalue weighted by Gasteiger charge is 2.24. The van der Waals surface area contributed by atoms with Gasteiger partial charge in [-0.15, -0.1) is 0 Å². The third kappa shape index (κ3) is 4.86. The Morgan fingerprint density at radius 3 is 2.33 bits per heavy atom. The fourth-order valence-corrected chi connectivity index (χ4v) is 2.03. The van der Waals surface area contributed by atoms with E-state index in [-0.39, 0.29) is 23.8 Å². The maximum atomic E-state index is 11.8. The van der Waals surface area contributed by atoms with Gasteiger partial charge in [0.25, 0.3) is 5.91 Å². The highest BCUT2D eigenvalue weighted by molar-refractivity contribution is 5.93. The zero-order valence-electron chi connectivity index (χ0n) is 13.1. The highest BCUT2D eigenvalue weighted by atomic mass is 16.5. The van der Waals surface area contributed by atoms with Gasteiger partial charge in [0.1, 0.15) is 6.04 Å². The van der Waals surface area contributed by atoms with E-state index in [1.165, 1.54) is 7.11 Å². The minimum Gasteiger partial charge on any atom is -0.468 e. The van der Waals surface area contributed by atoms with Crippen LogP contribution < -0.4 is 10.6 Å². The molecule has 116 valence electrons. The lowest BCUT2D eigenvalue weighted by atomic mass is 9.99. The van der Waals surface area contributed by atoms with Gasteiger partial charge in [0.2, 0.25) is 0 Å². The van der Waals surface area contributed by atoms with E-state index in [1.807, 2.05) is 26.0 Å². The summed E-state index contributed by atoms with van der Waals surface area (Å²) in [6.45, 7) is 4.61. The van der Waals surface area contributed by atoms with Crippen molar-refractivity contribution in [3.63, 3.8) is 0 Å². The first-order chi connectivity index (χ1) is 10.0. The largest absolute Gasteiger partial charge is 0.468 e. The third-order valence-corrected chi connectivity index (χ3v) is 3.64. The molecule has 0 saturated heterocycles. The molecule has 1 rings (SSSR count). The SMILES string of the molecule is CCC(C)C(NCc1ccc(C(=O)NC)cc1)C(=O)OC. The second-order valence-corrected chi connectivity index (χ2v) is 5.04. The van der Waals surface area contributed by atoms with Crippen LogP contribution in [-0.4, -0.2) is 32.1 Å².